The third-order valence-corrected chi connectivity index (χ3v) is 4.72. The number of nitrogens with two attached hydrogens (primary N) is 1. The molecule has 0 radical (unpaired) electrons. The number of nitrogens with zero attached hydrogens (tertiary/aromatic N) is 1. The van der Waals surface area contributed by atoms with Crippen LogP contribution in [0.4, 0.5) is 0 Å². The van der Waals surface area contributed by atoms with Gasteiger partial charge in [-0.1, -0.05) is 13.3 Å². The number of carbonyl (C=O) groups excluding carboxylic acids is 1. The highest BCUT2D eigenvalue weighted by molar-refractivity contribution is 5.83. The quantitative estimate of drug-likeness (QED) is 0.792. The van der Waals surface area contributed by atoms with Crippen molar-refractivity contribution in [2.24, 2.45) is 5.73 Å². The third-order valence-electron chi connectivity index (χ3n) is 4.72. The average molecular weight is 253 g/mol. The minimum atomic E-state index is -0.507. The molecular weight excluding hydrogens is 226 g/mol. The summed E-state index contributed by atoms with van der Waals surface area (Å²) in [6.45, 7) is 7.15. The number of nitrogens with one attached hydrogen (secondary N) is 1. The number of rotatable bonds is 4. The number of hydrogen-bond donors (Lipinski definition) is 2. The maximum atomic E-state index is 11.7. The van der Waals surface area contributed by atoms with E-state index in [1.54, 1.807) is 0 Å². The first kappa shape index (κ1) is 13.8. The Morgan fingerprint density at radius 2 is 1.89 bits per heavy atom. The molecule has 0 aromatic heterocycles. The SMILES string of the molecule is CCNC1CC2CCCC(C1)N2C(C)(C)C(N)=O. The lowest BCUT2D eigenvalue weighted by molar-refractivity contribution is -0.137. The van der Waals surface area contributed by atoms with E-state index in [9.17, 15) is 4.79 Å². The van der Waals surface area contributed by atoms with Gasteiger partial charge in [0.2, 0.25) is 5.91 Å². The predicted molar refractivity (Wildman–Crippen MR) is 73.2 cm³/mol. The largest absolute Gasteiger partial charge is 0.368 e. The molecule has 4 heteroatoms. The van der Waals surface area contributed by atoms with Gasteiger partial charge in [0.25, 0.3) is 0 Å². The summed E-state index contributed by atoms with van der Waals surface area (Å²) < 4.78 is 0. The molecule has 0 aromatic carbocycles. The van der Waals surface area contributed by atoms with Gasteiger partial charge in [0.15, 0.2) is 0 Å². The van der Waals surface area contributed by atoms with E-state index in [-0.39, 0.29) is 5.91 Å². The summed E-state index contributed by atoms with van der Waals surface area (Å²) in [6.07, 6.45) is 6.01. The van der Waals surface area contributed by atoms with Crippen molar-refractivity contribution in [2.75, 3.05) is 6.54 Å². The second kappa shape index (κ2) is 5.17. The Morgan fingerprint density at radius 1 is 1.33 bits per heavy atom. The molecule has 3 N–H and O–H groups in total. The second-order valence-corrected chi connectivity index (χ2v) is 6.30. The first-order valence-electron chi connectivity index (χ1n) is 7.28. The van der Waals surface area contributed by atoms with Gasteiger partial charge in [-0.15, -0.1) is 0 Å². The molecule has 0 aliphatic carbocycles. The van der Waals surface area contributed by atoms with Crippen LogP contribution in [0.15, 0.2) is 0 Å². The van der Waals surface area contributed by atoms with E-state index in [1.165, 1.54) is 19.3 Å². The molecule has 0 spiro atoms. The lowest BCUT2D eigenvalue weighted by Gasteiger charge is -2.54. The van der Waals surface area contributed by atoms with Crippen molar-refractivity contribution in [3.63, 3.8) is 0 Å². The van der Waals surface area contributed by atoms with Crippen LogP contribution in [0.5, 0.6) is 0 Å². The van der Waals surface area contributed by atoms with Gasteiger partial charge in [0.05, 0.1) is 5.54 Å². The zero-order valence-electron chi connectivity index (χ0n) is 11.9. The minimum absolute atomic E-state index is 0.193. The van der Waals surface area contributed by atoms with Gasteiger partial charge in [-0.05, 0) is 46.1 Å². The van der Waals surface area contributed by atoms with E-state index < -0.39 is 5.54 Å². The van der Waals surface area contributed by atoms with Crippen molar-refractivity contribution >= 4 is 5.91 Å². The fraction of sp³-hybridized carbons (Fsp3) is 0.929. The molecule has 2 aliphatic rings. The van der Waals surface area contributed by atoms with E-state index in [1.807, 2.05) is 13.8 Å². The number of primary amides is 1. The Balaban J connectivity index is 2.16. The smallest absolute Gasteiger partial charge is 0.237 e. The maximum Gasteiger partial charge on any atom is 0.237 e. The Labute approximate surface area is 110 Å². The van der Waals surface area contributed by atoms with Crippen molar-refractivity contribution in [3.05, 3.63) is 0 Å². The normalized spacial score (nSPS) is 33.4. The van der Waals surface area contributed by atoms with Crippen molar-refractivity contribution < 1.29 is 4.79 Å². The van der Waals surface area contributed by atoms with Crippen LogP contribution in [0, 0.1) is 0 Å². The fourth-order valence-electron chi connectivity index (χ4n) is 3.88. The summed E-state index contributed by atoms with van der Waals surface area (Å²) in [4.78, 5) is 14.1. The van der Waals surface area contributed by atoms with Crippen LogP contribution < -0.4 is 11.1 Å². The highest BCUT2D eigenvalue weighted by Gasteiger charge is 2.47. The number of hydrogen-bond acceptors (Lipinski definition) is 3. The molecule has 2 saturated heterocycles. The maximum absolute atomic E-state index is 11.7. The Morgan fingerprint density at radius 3 is 2.33 bits per heavy atom. The molecule has 2 aliphatic heterocycles. The molecule has 1 amide bonds. The Bertz CT molecular complexity index is 302. The average Bonchev–Trinajstić information content (AvgIpc) is 2.27. The van der Waals surface area contributed by atoms with Crippen LogP contribution in [0.25, 0.3) is 0 Å². The lowest BCUT2D eigenvalue weighted by atomic mass is 9.78. The zero-order valence-corrected chi connectivity index (χ0v) is 11.9. The summed E-state index contributed by atoms with van der Waals surface area (Å²) in [5.74, 6) is -0.193. The highest BCUT2D eigenvalue weighted by atomic mass is 16.1. The molecule has 2 heterocycles. The Hall–Kier alpha value is -0.610. The molecule has 2 atom stereocenters. The molecule has 104 valence electrons. The van der Waals surface area contributed by atoms with Gasteiger partial charge in [-0.3, -0.25) is 9.69 Å². The topological polar surface area (TPSA) is 58.4 Å². The molecule has 0 saturated carbocycles. The number of carbonyl (C=O) groups is 1. The number of amides is 1. The van der Waals surface area contributed by atoms with Crippen LogP contribution in [0.1, 0.15) is 52.9 Å². The van der Waals surface area contributed by atoms with E-state index in [4.69, 9.17) is 5.73 Å². The lowest BCUT2D eigenvalue weighted by Crippen LogP contribution is -2.66. The predicted octanol–water partition coefficient (Wildman–Crippen LogP) is 1.25. The standard InChI is InChI=1S/C14H27N3O/c1-4-16-10-8-11-6-5-7-12(9-10)17(11)14(2,3)13(15)18/h10-12,16H,4-9H2,1-3H3,(H2,15,18). The molecule has 2 bridgehead atoms. The first-order chi connectivity index (χ1) is 8.46. The molecule has 2 rings (SSSR count). The fourth-order valence-corrected chi connectivity index (χ4v) is 3.88. The second-order valence-electron chi connectivity index (χ2n) is 6.30. The van der Waals surface area contributed by atoms with Gasteiger partial charge >= 0.3 is 0 Å². The minimum Gasteiger partial charge on any atom is -0.368 e. The van der Waals surface area contributed by atoms with Crippen molar-refractivity contribution in [1.82, 2.24) is 10.2 Å². The van der Waals surface area contributed by atoms with Crippen LogP contribution in [-0.4, -0.2) is 41.0 Å². The number of fused-ring (bicyclic) bond motifs is 2. The van der Waals surface area contributed by atoms with Crippen molar-refractivity contribution in [3.8, 4) is 0 Å². The van der Waals surface area contributed by atoms with Crippen LogP contribution in [-0.2, 0) is 4.79 Å². The van der Waals surface area contributed by atoms with Crippen LogP contribution in [0.3, 0.4) is 0 Å². The summed E-state index contributed by atoms with van der Waals surface area (Å²) in [6, 6.07) is 1.65. The molecule has 2 fully saturated rings. The molecule has 2 unspecified atom stereocenters. The summed E-state index contributed by atoms with van der Waals surface area (Å²) in [7, 11) is 0. The zero-order chi connectivity index (χ0) is 13.3. The van der Waals surface area contributed by atoms with E-state index in [0.717, 1.165) is 19.4 Å². The van der Waals surface area contributed by atoms with E-state index in [2.05, 4.69) is 17.1 Å². The van der Waals surface area contributed by atoms with Gasteiger partial charge in [0, 0.05) is 18.1 Å². The molecule has 0 aromatic rings. The third kappa shape index (κ3) is 2.41. The van der Waals surface area contributed by atoms with E-state index in [0.29, 0.717) is 18.1 Å². The molecule has 18 heavy (non-hydrogen) atoms. The van der Waals surface area contributed by atoms with Gasteiger partial charge in [0.1, 0.15) is 0 Å². The summed E-state index contributed by atoms with van der Waals surface area (Å²) in [5.41, 5.74) is 5.09. The first-order valence-corrected chi connectivity index (χ1v) is 7.28. The summed E-state index contributed by atoms with van der Waals surface area (Å²) >= 11 is 0. The van der Waals surface area contributed by atoms with E-state index >= 15 is 0 Å². The Kier molecular flexibility index (Phi) is 3.97. The monoisotopic (exact) mass is 253 g/mol. The van der Waals surface area contributed by atoms with Gasteiger partial charge in [-0.2, -0.15) is 0 Å². The summed E-state index contributed by atoms with van der Waals surface area (Å²) in [5, 5.41) is 3.57. The number of piperidine rings is 2. The van der Waals surface area contributed by atoms with Crippen molar-refractivity contribution in [1.29, 1.82) is 0 Å². The van der Waals surface area contributed by atoms with Crippen molar-refractivity contribution in [2.45, 2.75) is 76.5 Å². The van der Waals surface area contributed by atoms with Gasteiger partial charge in [-0.25, -0.2) is 0 Å². The van der Waals surface area contributed by atoms with Crippen LogP contribution in [0.2, 0.25) is 0 Å². The molecular formula is C14H27N3O. The van der Waals surface area contributed by atoms with Gasteiger partial charge < -0.3 is 11.1 Å². The van der Waals surface area contributed by atoms with Crippen LogP contribution >= 0.6 is 0 Å². The highest BCUT2D eigenvalue weighted by Crippen LogP contribution is 2.38. The molecule has 4 nitrogen and oxygen atoms in total.